The minimum Gasteiger partial charge on any atom is -0.410 e. The van der Waals surface area contributed by atoms with E-state index in [0.717, 1.165) is 12.8 Å². The van der Waals surface area contributed by atoms with Crippen LogP contribution in [0.15, 0.2) is 56.5 Å². The molecular formula is C32H45N4O9PS2. The summed E-state index contributed by atoms with van der Waals surface area (Å²) in [7, 11) is -12.0. The van der Waals surface area contributed by atoms with Gasteiger partial charge in [0.1, 0.15) is 11.4 Å². The second-order valence-corrected chi connectivity index (χ2v) is 18.7. The fourth-order valence-corrected chi connectivity index (χ4v) is 11.5. The molecule has 0 aromatic heterocycles. The fraction of sp³-hybridized carbons (Fsp3) is 0.562. The van der Waals surface area contributed by atoms with Gasteiger partial charge < -0.3 is 5.21 Å². The smallest absolute Gasteiger partial charge is 0.410 e. The van der Waals surface area contributed by atoms with Gasteiger partial charge in [0, 0.05) is 48.4 Å². The average molecular weight is 725 g/mol. The SMILES string of the molecule is CCOP(=O)(OCC)ON=C1c2ccc(S(=O)(=O)N3C[C@H](C)C[C@H](C)C3)cc2C(=NO)c2cc(S(=O)(=O)N3C[C@H](C)C[C@H](C)C3)ccc21. The molecule has 5 rings (SSSR count). The van der Waals surface area contributed by atoms with Crippen molar-refractivity contribution in [1.29, 1.82) is 0 Å². The van der Waals surface area contributed by atoms with E-state index in [1.165, 1.54) is 45.0 Å². The molecule has 16 heteroatoms. The maximum absolute atomic E-state index is 13.9. The van der Waals surface area contributed by atoms with E-state index in [-0.39, 0.29) is 69.2 Å². The second kappa shape index (κ2) is 14.3. The standard InChI is InChI=1S/C32H45N4O9PS2/c1-7-43-46(38,44-8-2)45-34-32-27-11-9-25(47(39,40)35-17-21(3)13-22(4)18-35)15-29(27)31(33-37)30-16-26(10-12-28(30)32)48(41,42)36-19-23(5)14-24(6)20-36/h9-12,15-16,21-24,37H,7-8,13-14,17-20H2,1-6H3/t21-,22+,23-,24+. The van der Waals surface area contributed by atoms with E-state index in [9.17, 15) is 26.6 Å². The van der Waals surface area contributed by atoms with Crippen molar-refractivity contribution in [2.24, 2.45) is 34.0 Å². The van der Waals surface area contributed by atoms with Gasteiger partial charge in [-0.25, -0.2) is 21.4 Å². The van der Waals surface area contributed by atoms with Crippen LogP contribution >= 0.6 is 7.82 Å². The van der Waals surface area contributed by atoms with Gasteiger partial charge in [0.2, 0.25) is 20.0 Å². The third kappa shape index (κ3) is 7.28. The van der Waals surface area contributed by atoms with Crippen molar-refractivity contribution in [1.82, 2.24) is 8.61 Å². The van der Waals surface area contributed by atoms with Crippen LogP contribution < -0.4 is 0 Å². The molecule has 2 heterocycles. The van der Waals surface area contributed by atoms with Gasteiger partial charge in [0.25, 0.3) is 0 Å². The number of phosphoric acid groups is 1. The second-order valence-electron chi connectivity index (χ2n) is 13.2. The highest BCUT2D eigenvalue weighted by molar-refractivity contribution is 7.89. The van der Waals surface area contributed by atoms with E-state index < -0.39 is 27.9 Å². The molecule has 1 N–H and O–H groups in total. The third-order valence-corrected chi connectivity index (χ3v) is 13.9. The lowest BCUT2D eigenvalue weighted by Gasteiger charge is -2.34. The Labute approximate surface area is 283 Å². The topological polar surface area (TPSA) is 164 Å². The molecule has 2 aromatic carbocycles. The zero-order valence-electron chi connectivity index (χ0n) is 28.2. The van der Waals surface area contributed by atoms with E-state index in [4.69, 9.17) is 13.7 Å². The van der Waals surface area contributed by atoms with E-state index >= 15 is 0 Å². The number of oxime groups is 2. The predicted octanol–water partition coefficient (Wildman–Crippen LogP) is 5.51. The summed E-state index contributed by atoms with van der Waals surface area (Å²) in [6.45, 7) is 12.8. The molecule has 2 fully saturated rings. The molecule has 0 bridgehead atoms. The molecule has 0 radical (unpaired) electrons. The molecule has 0 spiro atoms. The number of rotatable bonds is 10. The van der Waals surface area contributed by atoms with Gasteiger partial charge >= 0.3 is 7.82 Å². The van der Waals surface area contributed by atoms with E-state index in [2.05, 4.69) is 10.3 Å². The minimum absolute atomic E-state index is 0.0144. The van der Waals surface area contributed by atoms with Crippen molar-refractivity contribution >= 4 is 39.3 Å². The molecule has 1 aliphatic carbocycles. The maximum atomic E-state index is 13.9. The number of benzene rings is 2. The lowest BCUT2D eigenvalue weighted by atomic mass is 9.83. The molecule has 264 valence electrons. The quantitative estimate of drug-likeness (QED) is 0.161. The van der Waals surface area contributed by atoms with Crippen LogP contribution in [0.25, 0.3) is 0 Å². The summed E-state index contributed by atoms with van der Waals surface area (Å²) >= 11 is 0. The Morgan fingerprint density at radius 3 is 1.46 bits per heavy atom. The summed E-state index contributed by atoms with van der Waals surface area (Å²) in [5.74, 6) is 0.708. The number of piperidine rings is 2. The number of phosphoric ester groups is 1. The molecular weight excluding hydrogens is 679 g/mol. The van der Waals surface area contributed by atoms with Gasteiger partial charge in [-0.05, 0) is 74.6 Å². The van der Waals surface area contributed by atoms with Crippen LogP contribution in [-0.2, 0) is 38.3 Å². The molecule has 13 nitrogen and oxygen atoms in total. The lowest BCUT2D eigenvalue weighted by Crippen LogP contribution is -2.42. The summed E-state index contributed by atoms with van der Waals surface area (Å²) in [6, 6.07) is 8.70. The highest BCUT2D eigenvalue weighted by Gasteiger charge is 2.37. The van der Waals surface area contributed by atoms with Crippen molar-refractivity contribution in [2.45, 2.75) is 64.2 Å². The minimum atomic E-state index is -4.14. The van der Waals surface area contributed by atoms with Crippen LogP contribution in [-0.4, -0.2) is 81.5 Å². The first-order valence-corrected chi connectivity index (χ1v) is 20.6. The van der Waals surface area contributed by atoms with Crippen LogP contribution in [0.1, 0.15) is 76.6 Å². The summed E-state index contributed by atoms with van der Waals surface area (Å²) in [5, 5.41) is 18.2. The highest BCUT2D eigenvalue weighted by atomic mass is 32.2. The summed E-state index contributed by atoms with van der Waals surface area (Å²) in [6.07, 6.45) is 1.84. The number of fused-ring (bicyclic) bond motifs is 2. The Hall–Kier alpha value is -2.65. The number of nitrogens with zero attached hydrogens (tertiary/aromatic N) is 4. The Bertz CT molecular complexity index is 1720. The zero-order valence-corrected chi connectivity index (χ0v) is 30.7. The lowest BCUT2D eigenvalue weighted by molar-refractivity contribution is 0.125. The van der Waals surface area contributed by atoms with Gasteiger partial charge in [-0.2, -0.15) is 8.61 Å². The Morgan fingerprint density at radius 2 is 1.10 bits per heavy atom. The van der Waals surface area contributed by atoms with Gasteiger partial charge in [-0.15, -0.1) is 0 Å². The van der Waals surface area contributed by atoms with Crippen LogP contribution in [0, 0.1) is 23.7 Å². The van der Waals surface area contributed by atoms with Gasteiger partial charge in [-0.1, -0.05) is 50.1 Å². The van der Waals surface area contributed by atoms with Crippen molar-refractivity contribution < 1.29 is 40.3 Å². The molecule has 0 unspecified atom stereocenters. The molecule has 0 saturated carbocycles. The van der Waals surface area contributed by atoms with E-state index in [1.807, 2.05) is 27.7 Å². The molecule has 2 saturated heterocycles. The van der Waals surface area contributed by atoms with E-state index in [1.54, 1.807) is 13.8 Å². The van der Waals surface area contributed by atoms with Crippen LogP contribution in [0.4, 0.5) is 0 Å². The predicted molar refractivity (Wildman–Crippen MR) is 181 cm³/mol. The number of hydrogen-bond acceptors (Lipinski definition) is 11. The molecule has 4 atom stereocenters. The Balaban J connectivity index is 1.66. The van der Waals surface area contributed by atoms with Crippen LogP contribution in [0.5, 0.6) is 0 Å². The van der Waals surface area contributed by atoms with E-state index in [0.29, 0.717) is 37.3 Å². The third-order valence-electron chi connectivity index (χ3n) is 8.86. The van der Waals surface area contributed by atoms with Crippen LogP contribution in [0.2, 0.25) is 0 Å². The molecule has 3 aliphatic rings. The van der Waals surface area contributed by atoms with Gasteiger partial charge in [0.15, 0.2) is 0 Å². The fourth-order valence-electron chi connectivity index (χ4n) is 7.06. The number of hydrogen-bond donors (Lipinski definition) is 1. The maximum Gasteiger partial charge on any atom is 0.550 e. The van der Waals surface area contributed by atoms with Crippen molar-refractivity contribution in [3.05, 3.63) is 58.7 Å². The monoisotopic (exact) mass is 724 g/mol. The van der Waals surface area contributed by atoms with Crippen molar-refractivity contribution in [3.63, 3.8) is 0 Å². The zero-order chi connectivity index (χ0) is 35.0. The molecule has 0 amide bonds. The summed E-state index contributed by atoms with van der Waals surface area (Å²) < 4.78 is 87.7. The summed E-state index contributed by atoms with van der Waals surface area (Å²) in [4.78, 5) is -0.0522. The number of sulfonamides is 2. The summed E-state index contributed by atoms with van der Waals surface area (Å²) in [5.41, 5.74) is 1.01. The van der Waals surface area contributed by atoms with Gasteiger partial charge in [-0.3, -0.25) is 13.7 Å². The largest absolute Gasteiger partial charge is 0.550 e. The average Bonchev–Trinajstić information content (AvgIpc) is 3.01. The first-order valence-electron chi connectivity index (χ1n) is 16.3. The molecule has 2 aliphatic heterocycles. The normalized spacial score (nSPS) is 24.1. The Kier molecular flexibility index (Phi) is 10.9. The first-order chi connectivity index (χ1) is 22.6. The molecule has 2 aromatic rings. The van der Waals surface area contributed by atoms with Crippen molar-refractivity contribution in [2.75, 3.05) is 39.4 Å². The molecule has 48 heavy (non-hydrogen) atoms. The highest BCUT2D eigenvalue weighted by Crippen LogP contribution is 2.50. The van der Waals surface area contributed by atoms with Crippen molar-refractivity contribution in [3.8, 4) is 0 Å². The van der Waals surface area contributed by atoms with Crippen LogP contribution in [0.3, 0.4) is 0 Å². The first kappa shape index (κ1) is 36.6. The Morgan fingerprint density at radius 1 is 0.708 bits per heavy atom. The van der Waals surface area contributed by atoms with Gasteiger partial charge in [0.05, 0.1) is 23.0 Å².